The van der Waals surface area contributed by atoms with Crippen LogP contribution in [0.1, 0.15) is 21.6 Å². The number of rotatable bonds is 6. The Hall–Kier alpha value is -3.12. The molecule has 0 amide bonds. The Balaban J connectivity index is 1.70. The minimum atomic E-state index is 0.0674. The molecule has 2 aromatic heterocycles. The highest BCUT2D eigenvalue weighted by Gasteiger charge is 2.18. The molecule has 0 saturated heterocycles. The van der Waals surface area contributed by atoms with Crippen molar-refractivity contribution in [3.63, 3.8) is 0 Å². The molecule has 4 aromatic rings. The number of aryl methyl sites for hydroxylation is 3. The summed E-state index contributed by atoms with van der Waals surface area (Å²) in [5.41, 5.74) is 5.04. The zero-order chi connectivity index (χ0) is 20.4. The number of carbonyl (C=O) groups excluding carboxylic acids is 1. The second-order valence-electron chi connectivity index (χ2n) is 7.06. The van der Waals surface area contributed by atoms with Crippen molar-refractivity contribution in [1.29, 1.82) is 0 Å². The van der Waals surface area contributed by atoms with Crippen LogP contribution in [0.3, 0.4) is 0 Å². The third-order valence-corrected chi connectivity index (χ3v) is 5.73. The maximum Gasteiger partial charge on any atom is 0.196 e. The van der Waals surface area contributed by atoms with Crippen LogP contribution in [-0.2, 0) is 7.05 Å². The minimum absolute atomic E-state index is 0.0674. The Labute approximate surface area is 174 Å². The zero-order valence-electron chi connectivity index (χ0n) is 16.7. The van der Waals surface area contributed by atoms with Crippen molar-refractivity contribution in [2.24, 2.45) is 7.05 Å². The van der Waals surface area contributed by atoms with Gasteiger partial charge in [0.25, 0.3) is 0 Å². The van der Waals surface area contributed by atoms with E-state index < -0.39 is 0 Å². The average molecular weight is 403 g/mol. The fraction of sp³-hybridized carbons (Fsp3) is 0.174. The Morgan fingerprint density at radius 3 is 2.21 bits per heavy atom. The third-order valence-electron chi connectivity index (χ3n) is 4.80. The standard InChI is InChI=1S/C23H22N4OS/c1-16-6-10-18(11-7-16)22-24-25-23(27(22)19-12-8-17(2)9-13-19)29-15-21(28)20-5-4-14-26(20)3/h4-14H,15H2,1-3H3. The second-order valence-corrected chi connectivity index (χ2v) is 8.00. The van der Waals surface area contributed by atoms with Crippen LogP contribution in [0.25, 0.3) is 17.1 Å². The summed E-state index contributed by atoms with van der Waals surface area (Å²) in [6.45, 7) is 4.12. The van der Waals surface area contributed by atoms with E-state index in [1.54, 1.807) is 0 Å². The van der Waals surface area contributed by atoms with Gasteiger partial charge in [0.05, 0.1) is 11.4 Å². The van der Waals surface area contributed by atoms with Gasteiger partial charge in [0, 0.05) is 24.5 Å². The number of aromatic nitrogens is 4. The van der Waals surface area contributed by atoms with Crippen LogP contribution >= 0.6 is 11.8 Å². The van der Waals surface area contributed by atoms with Gasteiger partial charge in [-0.1, -0.05) is 59.3 Å². The molecule has 0 N–H and O–H groups in total. The summed E-state index contributed by atoms with van der Waals surface area (Å²) in [7, 11) is 1.88. The van der Waals surface area contributed by atoms with E-state index in [0.29, 0.717) is 16.6 Å². The van der Waals surface area contributed by atoms with Gasteiger partial charge in [0.15, 0.2) is 16.8 Å². The van der Waals surface area contributed by atoms with Crippen molar-refractivity contribution in [3.05, 3.63) is 83.7 Å². The largest absolute Gasteiger partial charge is 0.348 e. The maximum absolute atomic E-state index is 12.6. The number of carbonyl (C=O) groups is 1. The van der Waals surface area contributed by atoms with Gasteiger partial charge >= 0.3 is 0 Å². The first-order valence-corrected chi connectivity index (χ1v) is 10.4. The average Bonchev–Trinajstić information content (AvgIpc) is 3.34. The molecule has 0 unspecified atom stereocenters. The Morgan fingerprint density at radius 2 is 1.59 bits per heavy atom. The molecule has 146 valence electrons. The molecule has 0 spiro atoms. The third kappa shape index (κ3) is 4.03. The molecule has 5 nitrogen and oxygen atoms in total. The van der Waals surface area contributed by atoms with E-state index in [1.807, 2.05) is 46.6 Å². The summed E-state index contributed by atoms with van der Waals surface area (Å²) in [4.78, 5) is 12.6. The lowest BCUT2D eigenvalue weighted by Crippen LogP contribution is -2.08. The van der Waals surface area contributed by atoms with E-state index >= 15 is 0 Å². The monoisotopic (exact) mass is 402 g/mol. The van der Waals surface area contributed by atoms with Gasteiger partial charge in [0.1, 0.15) is 0 Å². The molecule has 29 heavy (non-hydrogen) atoms. The van der Waals surface area contributed by atoms with Crippen molar-refractivity contribution in [2.75, 3.05) is 5.75 Å². The van der Waals surface area contributed by atoms with Gasteiger partial charge in [-0.15, -0.1) is 10.2 Å². The molecule has 0 radical (unpaired) electrons. The molecule has 0 fully saturated rings. The van der Waals surface area contributed by atoms with Gasteiger partial charge in [-0.2, -0.15) is 0 Å². The second kappa shape index (κ2) is 8.09. The molecule has 0 bridgehead atoms. The molecule has 0 atom stereocenters. The normalized spacial score (nSPS) is 11.0. The van der Waals surface area contributed by atoms with Crippen molar-refractivity contribution < 1.29 is 4.79 Å². The Morgan fingerprint density at radius 1 is 0.931 bits per heavy atom. The number of hydrogen-bond acceptors (Lipinski definition) is 4. The number of nitrogens with zero attached hydrogens (tertiary/aromatic N) is 4. The lowest BCUT2D eigenvalue weighted by Gasteiger charge is -2.11. The van der Waals surface area contributed by atoms with E-state index in [4.69, 9.17) is 0 Å². The summed E-state index contributed by atoms with van der Waals surface area (Å²) in [6, 6.07) is 20.2. The fourth-order valence-electron chi connectivity index (χ4n) is 3.13. The summed E-state index contributed by atoms with van der Waals surface area (Å²) in [5.74, 6) is 1.14. The highest BCUT2D eigenvalue weighted by Crippen LogP contribution is 2.28. The van der Waals surface area contributed by atoms with Crippen molar-refractivity contribution in [3.8, 4) is 17.1 Å². The van der Waals surface area contributed by atoms with Crippen LogP contribution in [0.2, 0.25) is 0 Å². The van der Waals surface area contributed by atoms with E-state index in [-0.39, 0.29) is 5.78 Å². The summed E-state index contributed by atoms with van der Waals surface area (Å²) < 4.78 is 3.86. The first kappa shape index (κ1) is 19.2. The van der Waals surface area contributed by atoms with Crippen LogP contribution < -0.4 is 0 Å². The molecule has 0 aliphatic heterocycles. The predicted molar refractivity (Wildman–Crippen MR) is 117 cm³/mol. The molecule has 2 aromatic carbocycles. The lowest BCUT2D eigenvalue weighted by atomic mass is 10.1. The Kier molecular flexibility index (Phi) is 5.36. The molecule has 4 rings (SSSR count). The van der Waals surface area contributed by atoms with Gasteiger partial charge in [-0.3, -0.25) is 9.36 Å². The molecule has 0 aliphatic rings. The number of benzene rings is 2. The van der Waals surface area contributed by atoms with Crippen molar-refractivity contribution in [1.82, 2.24) is 19.3 Å². The van der Waals surface area contributed by atoms with E-state index in [0.717, 1.165) is 17.1 Å². The molecule has 0 saturated carbocycles. The van der Waals surface area contributed by atoms with E-state index in [9.17, 15) is 4.79 Å². The summed E-state index contributed by atoms with van der Waals surface area (Å²) in [5, 5.41) is 9.56. The van der Waals surface area contributed by atoms with Crippen LogP contribution in [-0.4, -0.2) is 30.9 Å². The predicted octanol–water partition coefficient (Wildman–Crippen LogP) is 4.86. The number of ketones is 1. The van der Waals surface area contributed by atoms with Gasteiger partial charge < -0.3 is 4.57 Å². The number of hydrogen-bond donors (Lipinski definition) is 0. The Bertz CT molecular complexity index is 1140. The fourth-order valence-corrected chi connectivity index (χ4v) is 3.96. The molecule has 6 heteroatoms. The highest BCUT2D eigenvalue weighted by atomic mass is 32.2. The minimum Gasteiger partial charge on any atom is -0.348 e. The van der Waals surface area contributed by atoms with Crippen LogP contribution in [0.15, 0.2) is 72.0 Å². The zero-order valence-corrected chi connectivity index (χ0v) is 17.5. The lowest BCUT2D eigenvalue weighted by molar-refractivity contribution is 0.101. The molecular formula is C23H22N4OS. The maximum atomic E-state index is 12.6. The van der Waals surface area contributed by atoms with E-state index in [1.165, 1.54) is 22.9 Å². The highest BCUT2D eigenvalue weighted by molar-refractivity contribution is 7.99. The first-order chi connectivity index (χ1) is 14.0. The van der Waals surface area contributed by atoms with Gasteiger partial charge in [-0.05, 0) is 38.1 Å². The van der Waals surface area contributed by atoms with Gasteiger partial charge in [0.2, 0.25) is 0 Å². The summed E-state index contributed by atoms with van der Waals surface area (Å²) >= 11 is 1.41. The molecular weight excluding hydrogens is 380 g/mol. The molecule has 0 aliphatic carbocycles. The number of Topliss-reactive ketones (excluding diaryl/α,β-unsaturated/α-hetero) is 1. The van der Waals surface area contributed by atoms with Crippen LogP contribution in [0.5, 0.6) is 0 Å². The van der Waals surface area contributed by atoms with Crippen molar-refractivity contribution >= 4 is 17.5 Å². The first-order valence-electron chi connectivity index (χ1n) is 9.40. The summed E-state index contributed by atoms with van der Waals surface area (Å²) in [6.07, 6.45) is 1.88. The van der Waals surface area contributed by atoms with Crippen molar-refractivity contribution in [2.45, 2.75) is 19.0 Å². The number of thioether (sulfide) groups is 1. The van der Waals surface area contributed by atoms with Gasteiger partial charge in [-0.25, -0.2) is 0 Å². The van der Waals surface area contributed by atoms with Crippen LogP contribution in [0, 0.1) is 13.8 Å². The SMILES string of the molecule is Cc1ccc(-c2nnc(SCC(=O)c3cccn3C)n2-c2ccc(C)cc2)cc1. The smallest absolute Gasteiger partial charge is 0.196 e. The van der Waals surface area contributed by atoms with Crippen LogP contribution in [0.4, 0.5) is 0 Å². The van der Waals surface area contributed by atoms with E-state index in [2.05, 4.69) is 60.4 Å². The quantitative estimate of drug-likeness (QED) is 0.341. The molecule has 2 heterocycles. The topological polar surface area (TPSA) is 52.7 Å².